The summed E-state index contributed by atoms with van der Waals surface area (Å²) in [6.45, 7) is 4.18. The highest BCUT2D eigenvalue weighted by Gasteiger charge is 1.97. The zero-order valence-electron chi connectivity index (χ0n) is 7.07. The van der Waals surface area contributed by atoms with Gasteiger partial charge in [0.1, 0.15) is 0 Å². The zero-order valence-corrected chi connectivity index (χ0v) is 10.2. The Morgan fingerprint density at radius 1 is 1.08 bits per heavy atom. The second-order valence-corrected chi connectivity index (χ2v) is 4.53. The molecule has 0 radical (unpaired) electrons. The number of hydrogen-bond acceptors (Lipinski definition) is 0. The molecule has 0 aliphatic heterocycles. The molecule has 0 atom stereocenters. The maximum Gasteiger partial charge on any atom is 0.0234 e. The van der Waals surface area contributed by atoms with Gasteiger partial charge < -0.3 is 0 Å². The van der Waals surface area contributed by atoms with Crippen LogP contribution in [0, 0.1) is 0 Å². The summed E-state index contributed by atoms with van der Waals surface area (Å²) >= 11 is 6.94. The molecular weight excluding hydrogens is 280 g/mol. The van der Waals surface area contributed by atoms with E-state index in [1.165, 1.54) is 15.6 Å². The van der Waals surface area contributed by atoms with Gasteiger partial charge in [-0.1, -0.05) is 49.6 Å². The minimum atomic E-state index is 1.11. The molecule has 0 spiro atoms. The predicted molar refractivity (Wildman–Crippen MR) is 61.3 cm³/mol. The first kappa shape index (κ1) is 10.0. The van der Waals surface area contributed by atoms with Crippen molar-refractivity contribution in [3.05, 3.63) is 39.9 Å². The lowest BCUT2D eigenvalue weighted by atomic mass is 10.1. The molecule has 1 aromatic carbocycles. The van der Waals surface area contributed by atoms with E-state index in [0.29, 0.717) is 0 Å². The summed E-state index contributed by atoms with van der Waals surface area (Å²) < 4.78 is 2.29. The molecule has 1 rings (SSSR count). The Labute approximate surface area is 89.9 Å². The highest BCUT2D eigenvalue weighted by Crippen LogP contribution is 2.25. The second kappa shape index (κ2) is 4.24. The van der Waals surface area contributed by atoms with Gasteiger partial charge in [-0.15, -0.1) is 0 Å². The van der Waals surface area contributed by atoms with E-state index in [0.717, 1.165) is 4.47 Å². The van der Waals surface area contributed by atoms with Gasteiger partial charge in [-0.2, -0.15) is 0 Å². The summed E-state index contributed by atoms with van der Waals surface area (Å²) in [5.74, 6) is 0. The van der Waals surface area contributed by atoms with Crippen LogP contribution in [0.5, 0.6) is 0 Å². The Morgan fingerprint density at radius 2 is 1.58 bits per heavy atom. The van der Waals surface area contributed by atoms with Crippen LogP contribution in [0.25, 0.3) is 4.48 Å². The third-order valence-electron chi connectivity index (χ3n) is 1.54. The van der Waals surface area contributed by atoms with Gasteiger partial charge in [0.25, 0.3) is 0 Å². The van der Waals surface area contributed by atoms with Crippen molar-refractivity contribution in [2.24, 2.45) is 0 Å². The fraction of sp³-hybridized carbons (Fsp3) is 0.200. The van der Waals surface area contributed by atoms with Gasteiger partial charge in [0, 0.05) is 8.96 Å². The first-order chi connectivity index (χ1) is 5.61. The summed E-state index contributed by atoms with van der Waals surface area (Å²) in [6, 6.07) is 8.25. The third kappa shape index (κ3) is 2.46. The molecule has 0 fully saturated rings. The van der Waals surface area contributed by atoms with Gasteiger partial charge in [0.2, 0.25) is 0 Å². The highest BCUT2D eigenvalue weighted by molar-refractivity contribution is 9.15. The van der Waals surface area contributed by atoms with Gasteiger partial charge in [-0.05, 0) is 31.5 Å². The molecule has 0 aromatic heterocycles. The fourth-order valence-electron chi connectivity index (χ4n) is 0.885. The summed E-state index contributed by atoms with van der Waals surface area (Å²) in [6.07, 6.45) is 0. The van der Waals surface area contributed by atoms with E-state index in [1.807, 2.05) is 12.1 Å². The molecule has 0 heterocycles. The van der Waals surface area contributed by atoms with Gasteiger partial charge in [-0.25, -0.2) is 0 Å². The zero-order chi connectivity index (χ0) is 9.14. The molecule has 64 valence electrons. The largest absolute Gasteiger partial charge is 0.0616 e. The second-order valence-electron chi connectivity index (χ2n) is 2.82. The van der Waals surface area contributed by atoms with Crippen LogP contribution in [0.2, 0.25) is 0 Å². The minimum Gasteiger partial charge on any atom is -0.0616 e. The van der Waals surface area contributed by atoms with Gasteiger partial charge in [0.05, 0.1) is 0 Å². The van der Waals surface area contributed by atoms with Crippen LogP contribution in [0.1, 0.15) is 19.4 Å². The molecule has 0 aliphatic rings. The van der Waals surface area contributed by atoms with E-state index in [1.54, 1.807) is 0 Å². The van der Waals surface area contributed by atoms with E-state index in [4.69, 9.17) is 0 Å². The van der Waals surface area contributed by atoms with Gasteiger partial charge in [-0.3, -0.25) is 0 Å². The average molecular weight is 290 g/mol. The van der Waals surface area contributed by atoms with Crippen LogP contribution in [0.4, 0.5) is 0 Å². The molecule has 0 saturated carbocycles. The van der Waals surface area contributed by atoms with Crippen molar-refractivity contribution in [1.82, 2.24) is 0 Å². The maximum absolute atomic E-state index is 3.54. The lowest BCUT2D eigenvalue weighted by molar-refractivity contribution is 1.41. The summed E-state index contributed by atoms with van der Waals surface area (Å²) in [5.41, 5.74) is 2.51. The Morgan fingerprint density at radius 3 is 2.00 bits per heavy atom. The van der Waals surface area contributed by atoms with Crippen molar-refractivity contribution in [2.45, 2.75) is 13.8 Å². The SMILES string of the molecule is CC(C)=C(Br)c1ccc(Br)cc1. The van der Waals surface area contributed by atoms with E-state index in [9.17, 15) is 0 Å². The maximum atomic E-state index is 3.54. The van der Waals surface area contributed by atoms with Crippen molar-refractivity contribution in [3.63, 3.8) is 0 Å². The third-order valence-corrected chi connectivity index (χ3v) is 3.32. The summed E-state index contributed by atoms with van der Waals surface area (Å²) in [5, 5.41) is 0. The molecule has 0 unspecified atom stereocenters. The Hall–Kier alpha value is -0.0800. The Bertz CT molecular complexity index is 292. The quantitative estimate of drug-likeness (QED) is 0.709. The van der Waals surface area contributed by atoms with Crippen molar-refractivity contribution in [3.8, 4) is 0 Å². The molecule has 0 nitrogen and oxygen atoms in total. The lowest BCUT2D eigenvalue weighted by Crippen LogP contribution is -1.78. The van der Waals surface area contributed by atoms with E-state index in [-0.39, 0.29) is 0 Å². The number of rotatable bonds is 1. The molecule has 1 aromatic rings. The van der Waals surface area contributed by atoms with Gasteiger partial charge in [0.15, 0.2) is 0 Å². The number of allylic oxidation sites excluding steroid dienone is 1. The van der Waals surface area contributed by atoms with Crippen molar-refractivity contribution >= 4 is 36.3 Å². The normalized spacial score (nSPS) is 9.67. The van der Waals surface area contributed by atoms with E-state index >= 15 is 0 Å². The molecule has 0 aliphatic carbocycles. The van der Waals surface area contributed by atoms with Crippen molar-refractivity contribution < 1.29 is 0 Å². The molecule has 0 amide bonds. The first-order valence-electron chi connectivity index (χ1n) is 3.70. The monoisotopic (exact) mass is 288 g/mol. The molecular formula is C10H10Br2. The molecule has 0 saturated heterocycles. The van der Waals surface area contributed by atoms with E-state index < -0.39 is 0 Å². The lowest BCUT2D eigenvalue weighted by Gasteiger charge is -2.01. The summed E-state index contributed by atoms with van der Waals surface area (Å²) in [4.78, 5) is 0. The molecule has 0 bridgehead atoms. The van der Waals surface area contributed by atoms with Crippen LogP contribution in [-0.2, 0) is 0 Å². The Kier molecular flexibility index (Phi) is 3.53. The molecule has 12 heavy (non-hydrogen) atoms. The number of hydrogen-bond donors (Lipinski definition) is 0. The molecule has 0 N–H and O–H groups in total. The first-order valence-corrected chi connectivity index (χ1v) is 5.29. The van der Waals surface area contributed by atoms with E-state index in [2.05, 4.69) is 57.8 Å². The highest BCUT2D eigenvalue weighted by atomic mass is 79.9. The van der Waals surface area contributed by atoms with Crippen LogP contribution < -0.4 is 0 Å². The smallest absolute Gasteiger partial charge is 0.0234 e. The predicted octanol–water partition coefficient (Wildman–Crippen LogP) is 4.59. The Balaban J connectivity index is 3.06. The number of halogens is 2. The van der Waals surface area contributed by atoms with Crippen molar-refractivity contribution in [1.29, 1.82) is 0 Å². The van der Waals surface area contributed by atoms with Gasteiger partial charge >= 0.3 is 0 Å². The van der Waals surface area contributed by atoms with Crippen LogP contribution in [0.3, 0.4) is 0 Å². The topological polar surface area (TPSA) is 0 Å². The fourth-order valence-corrected chi connectivity index (χ4v) is 1.41. The van der Waals surface area contributed by atoms with Crippen LogP contribution in [-0.4, -0.2) is 0 Å². The number of benzene rings is 1. The van der Waals surface area contributed by atoms with Crippen LogP contribution >= 0.6 is 31.9 Å². The van der Waals surface area contributed by atoms with Crippen LogP contribution in [0.15, 0.2) is 34.3 Å². The summed E-state index contributed by atoms with van der Waals surface area (Å²) in [7, 11) is 0. The molecule has 2 heteroatoms. The average Bonchev–Trinajstić information content (AvgIpc) is 2.04. The van der Waals surface area contributed by atoms with Crippen molar-refractivity contribution in [2.75, 3.05) is 0 Å². The minimum absolute atomic E-state index is 1.11. The standard InChI is InChI=1S/C10H10Br2/c1-7(2)10(12)8-3-5-9(11)6-4-8/h3-6H,1-2H3.